The molecule has 0 amide bonds. The van der Waals surface area contributed by atoms with E-state index in [-0.39, 0.29) is 5.54 Å². The molecule has 0 aliphatic carbocycles. The van der Waals surface area contributed by atoms with E-state index in [1.807, 2.05) is 6.07 Å². The van der Waals surface area contributed by atoms with E-state index in [2.05, 4.69) is 24.1 Å². The number of rotatable bonds is 5. The van der Waals surface area contributed by atoms with Crippen LogP contribution in [-0.4, -0.2) is 43.3 Å². The van der Waals surface area contributed by atoms with Crippen molar-refractivity contribution in [3.05, 3.63) is 24.2 Å². The molecule has 4 nitrogen and oxygen atoms in total. The molecule has 1 N–H and O–H groups in total. The van der Waals surface area contributed by atoms with Crippen LogP contribution in [0.1, 0.15) is 19.4 Å². The van der Waals surface area contributed by atoms with Gasteiger partial charge in [0.15, 0.2) is 0 Å². The Balaban J connectivity index is 1.67. The van der Waals surface area contributed by atoms with Crippen LogP contribution in [0.5, 0.6) is 0 Å². The van der Waals surface area contributed by atoms with Crippen LogP contribution in [0, 0.1) is 0 Å². The zero-order chi connectivity index (χ0) is 12.1. The number of ether oxygens (including phenoxy) is 1. The second kappa shape index (κ2) is 5.67. The minimum atomic E-state index is 0.162. The normalized spacial score (nSPS) is 20.6. The van der Waals surface area contributed by atoms with Crippen molar-refractivity contribution in [2.45, 2.75) is 25.9 Å². The van der Waals surface area contributed by atoms with Gasteiger partial charge in [0.05, 0.1) is 25.7 Å². The third kappa shape index (κ3) is 3.56. The number of hydrogen-bond donors (Lipinski definition) is 1. The Morgan fingerprint density at radius 3 is 3.06 bits per heavy atom. The van der Waals surface area contributed by atoms with Gasteiger partial charge in [-0.25, -0.2) is 0 Å². The first-order valence-corrected chi connectivity index (χ1v) is 6.23. The fourth-order valence-corrected chi connectivity index (χ4v) is 2.15. The highest BCUT2D eigenvalue weighted by Crippen LogP contribution is 2.17. The molecule has 0 unspecified atom stereocenters. The van der Waals surface area contributed by atoms with Crippen LogP contribution >= 0.6 is 0 Å². The molecule has 0 saturated carbocycles. The van der Waals surface area contributed by atoms with Gasteiger partial charge < -0.3 is 14.5 Å². The van der Waals surface area contributed by atoms with Crippen molar-refractivity contribution in [2.75, 3.05) is 32.8 Å². The van der Waals surface area contributed by atoms with E-state index in [4.69, 9.17) is 9.15 Å². The van der Waals surface area contributed by atoms with E-state index in [1.165, 1.54) is 5.56 Å². The monoisotopic (exact) mass is 238 g/mol. The van der Waals surface area contributed by atoms with Gasteiger partial charge in [-0.3, -0.25) is 4.90 Å². The molecule has 96 valence electrons. The number of nitrogens with zero attached hydrogens (tertiary/aromatic N) is 1. The van der Waals surface area contributed by atoms with Gasteiger partial charge in [-0.2, -0.15) is 0 Å². The highest BCUT2D eigenvalue weighted by atomic mass is 16.5. The van der Waals surface area contributed by atoms with Crippen molar-refractivity contribution in [1.29, 1.82) is 0 Å². The van der Waals surface area contributed by atoms with Gasteiger partial charge in [-0.05, 0) is 19.9 Å². The summed E-state index contributed by atoms with van der Waals surface area (Å²) in [6, 6.07) is 1.99. The third-order valence-corrected chi connectivity index (χ3v) is 3.28. The van der Waals surface area contributed by atoms with Crippen LogP contribution in [0.4, 0.5) is 0 Å². The Kier molecular flexibility index (Phi) is 4.20. The average Bonchev–Trinajstić information content (AvgIpc) is 2.79. The number of hydrogen-bond acceptors (Lipinski definition) is 4. The van der Waals surface area contributed by atoms with Crippen molar-refractivity contribution >= 4 is 0 Å². The fourth-order valence-electron chi connectivity index (χ4n) is 2.15. The minimum Gasteiger partial charge on any atom is -0.472 e. The third-order valence-electron chi connectivity index (χ3n) is 3.28. The van der Waals surface area contributed by atoms with Crippen LogP contribution in [-0.2, 0) is 11.3 Å². The maximum atomic E-state index is 5.51. The number of nitrogens with one attached hydrogen (secondary N) is 1. The van der Waals surface area contributed by atoms with Gasteiger partial charge in [0, 0.05) is 37.3 Å². The summed E-state index contributed by atoms with van der Waals surface area (Å²) in [6.45, 7) is 10.1. The van der Waals surface area contributed by atoms with E-state index in [9.17, 15) is 0 Å². The summed E-state index contributed by atoms with van der Waals surface area (Å²) in [4.78, 5) is 2.48. The Morgan fingerprint density at radius 1 is 1.47 bits per heavy atom. The molecule has 1 fully saturated rings. The molecule has 1 aromatic heterocycles. The predicted molar refractivity (Wildman–Crippen MR) is 66.9 cm³/mol. The van der Waals surface area contributed by atoms with Gasteiger partial charge in [0.1, 0.15) is 0 Å². The van der Waals surface area contributed by atoms with E-state index in [0.29, 0.717) is 0 Å². The predicted octanol–water partition coefficient (Wildman–Crippen LogP) is 1.48. The lowest BCUT2D eigenvalue weighted by molar-refractivity contribution is -0.0500. The van der Waals surface area contributed by atoms with Gasteiger partial charge in [-0.15, -0.1) is 0 Å². The molecule has 17 heavy (non-hydrogen) atoms. The summed E-state index contributed by atoms with van der Waals surface area (Å²) in [5.41, 5.74) is 1.36. The molecule has 1 aliphatic heterocycles. The van der Waals surface area contributed by atoms with Crippen LogP contribution in [0.15, 0.2) is 23.0 Å². The van der Waals surface area contributed by atoms with Gasteiger partial charge in [0.25, 0.3) is 0 Å². The van der Waals surface area contributed by atoms with E-state index in [1.54, 1.807) is 12.5 Å². The smallest absolute Gasteiger partial charge is 0.0947 e. The largest absolute Gasteiger partial charge is 0.472 e. The standard InChI is InChI=1S/C13H22N2O2/c1-13(2)11-17-8-6-15(13)5-4-14-9-12-3-7-16-10-12/h3,7,10,14H,4-6,8-9,11H2,1-2H3. The van der Waals surface area contributed by atoms with Crippen molar-refractivity contribution < 1.29 is 9.15 Å². The maximum absolute atomic E-state index is 5.51. The highest BCUT2D eigenvalue weighted by Gasteiger charge is 2.29. The molecular formula is C13H22N2O2. The molecule has 0 radical (unpaired) electrons. The maximum Gasteiger partial charge on any atom is 0.0947 e. The molecular weight excluding hydrogens is 216 g/mol. The Bertz CT molecular complexity index is 322. The quantitative estimate of drug-likeness (QED) is 0.789. The highest BCUT2D eigenvalue weighted by molar-refractivity contribution is 5.04. The van der Waals surface area contributed by atoms with E-state index >= 15 is 0 Å². The molecule has 1 aromatic rings. The van der Waals surface area contributed by atoms with Gasteiger partial charge in [0.2, 0.25) is 0 Å². The molecule has 4 heteroatoms. The molecule has 2 heterocycles. The molecule has 2 rings (SSSR count). The summed E-state index contributed by atoms with van der Waals surface area (Å²) in [6.07, 6.45) is 3.49. The molecule has 0 bridgehead atoms. The second-order valence-electron chi connectivity index (χ2n) is 5.16. The second-order valence-corrected chi connectivity index (χ2v) is 5.16. The summed E-state index contributed by atoms with van der Waals surface area (Å²) >= 11 is 0. The van der Waals surface area contributed by atoms with Crippen LogP contribution < -0.4 is 5.32 Å². The molecule has 0 atom stereocenters. The zero-order valence-electron chi connectivity index (χ0n) is 10.7. The molecule has 0 spiro atoms. The summed E-state index contributed by atoms with van der Waals surface area (Å²) < 4.78 is 10.5. The lowest BCUT2D eigenvalue weighted by atomic mass is 10.0. The minimum absolute atomic E-state index is 0.162. The first kappa shape index (κ1) is 12.6. The Labute approximate surface area is 103 Å². The van der Waals surface area contributed by atoms with Crippen molar-refractivity contribution in [3.63, 3.8) is 0 Å². The first-order chi connectivity index (χ1) is 8.18. The first-order valence-electron chi connectivity index (χ1n) is 6.23. The van der Waals surface area contributed by atoms with E-state index < -0.39 is 0 Å². The van der Waals surface area contributed by atoms with Gasteiger partial charge >= 0.3 is 0 Å². The molecule has 1 saturated heterocycles. The summed E-state index contributed by atoms with van der Waals surface area (Å²) in [5.74, 6) is 0. The lowest BCUT2D eigenvalue weighted by Gasteiger charge is -2.42. The summed E-state index contributed by atoms with van der Waals surface area (Å²) in [7, 11) is 0. The number of furan rings is 1. The topological polar surface area (TPSA) is 37.6 Å². The fraction of sp³-hybridized carbons (Fsp3) is 0.692. The van der Waals surface area contributed by atoms with Crippen LogP contribution in [0.3, 0.4) is 0 Å². The average molecular weight is 238 g/mol. The molecule has 1 aliphatic rings. The van der Waals surface area contributed by atoms with Crippen molar-refractivity contribution in [1.82, 2.24) is 10.2 Å². The van der Waals surface area contributed by atoms with Crippen LogP contribution in [0.25, 0.3) is 0 Å². The lowest BCUT2D eigenvalue weighted by Crippen LogP contribution is -2.54. The van der Waals surface area contributed by atoms with E-state index in [0.717, 1.165) is 39.4 Å². The summed E-state index contributed by atoms with van der Waals surface area (Å²) in [5, 5.41) is 3.43. The van der Waals surface area contributed by atoms with Crippen molar-refractivity contribution in [3.8, 4) is 0 Å². The van der Waals surface area contributed by atoms with Crippen LogP contribution in [0.2, 0.25) is 0 Å². The Morgan fingerprint density at radius 2 is 2.35 bits per heavy atom. The zero-order valence-corrected chi connectivity index (χ0v) is 10.7. The van der Waals surface area contributed by atoms with Gasteiger partial charge in [-0.1, -0.05) is 0 Å². The Hall–Kier alpha value is -0.840. The number of morpholine rings is 1. The SMILES string of the molecule is CC1(C)COCCN1CCNCc1ccoc1. The molecule has 0 aromatic carbocycles. The van der Waals surface area contributed by atoms with Crippen molar-refractivity contribution in [2.24, 2.45) is 0 Å².